The lowest BCUT2D eigenvalue weighted by molar-refractivity contribution is 0.0947. The van der Waals surface area contributed by atoms with E-state index < -0.39 is 0 Å². The van der Waals surface area contributed by atoms with Crippen LogP contribution < -0.4 is 10.6 Å². The molecule has 6 nitrogen and oxygen atoms in total. The molecule has 4 rings (SSSR count). The highest BCUT2D eigenvalue weighted by molar-refractivity contribution is 5.97. The van der Waals surface area contributed by atoms with Crippen LogP contribution in [0.25, 0.3) is 16.7 Å². The first kappa shape index (κ1) is 17.7. The molecule has 2 heterocycles. The highest BCUT2D eigenvalue weighted by Gasteiger charge is 2.13. The third-order valence-electron chi connectivity index (χ3n) is 5.02. The molecule has 1 amide bonds. The fourth-order valence-electron chi connectivity index (χ4n) is 3.61. The number of nitrogens with zero attached hydrogens (tertiary/aromatic N) is 3. The fourth-order valence-corrected chi connectivity index (χ4v) is 3.61. The number of carbonyl (C=O) groups is 1. The second-order valence-electron chi connectivity index (χ2n) is 6.88. The number of amides is 1. The minimum atomic E-state index is -0.0426. The van der Waals surface area contributed by atoms with Crippen molar-refractivity contribution in [2.45, 2.75) is 6.92 Å². The number of carbonyl (C=O) groups excluding carboxylic acids is 1. The van der Waals surface area contributed by atoms with Crippen molar-refractivity contribution in [3.8, 4) is 5.69 Å². The standard InChI is InChI=1S/C21H25N5O/c1-16-24-19-15-17(21(27)23-11-14-25-12-9-22-10-13-25)7-8-20(19)26(16)18-5-3-2-4-6-18/h2-8,15,22H,9-14H2,1H3,(H,23,27). The molecule has 0 aliphatic carbocycles. The first-order valence-corrected chi connectivity index (χ1v) is 9.48. The largest absolute Gasteiger partial charge is 0.351 e. The summed E-state index contributed by atoms with van der Waals surface area (Å²) in [7, 11) is 0. The van der Waals surface area contributed by atoms with Crippen LogP contribution in [0.2, 0.25) is 0 Å². The fraction of sp³-hybridized carbons (Fsp3) is 0.333. The number of nitrogens with one attached hydrogen (secondary N) is 2. The maximum atomic E-state index is 12.5. The summed E-state index contributed by atoms with van der Waals surface area (Å²) in [5.41, 5.74) is 3.58. The SMILES string of the molecule is Cc1nc2cc(C(=O)NCCN3CCNCC3)ccc2n1-c1ccccc1. The van der Waals surface area contributed by atoms with Crippen molar-refractivity contribution in [3.63, 3.8) is 0 Å². The lowest BCUT2D eigenvalue weighted by atomic mass is 10.2. The first-order chi connectivity index (χ1) is 13.2. The predicted octanol–water partition coefficient (Wildman–Crippen LogP) is 1.97. The molecular formula is C21H25N5O. The summed E-state index contributed by atoms with van der Waals surface area (Å²) in [6.45, 7) is 7.66. The normalized spacial score (nSPS) is 15.1. The average molecular weight is 363 g/mol. The van der Waals surface area contributed by atoms with Crippen molar-refractivity contribution in [1.29, 1.82) is 0 Å². The van der Waals surface area contributed by atoms with Gasteiger partial charge >= 0.3 is 0 Å². The maximum Gasteiger partial charge on any atom is 0.251 e. The van der Waals surface area contributed by atoms with E-state index >= 15 is 0 Å². The maximum absolute atomic E-state index is 12.5. The van der Waals surface area contributed by atoms with Gasteiger partial charge < -0.3 is 10.6 Å². The van der Waals surface area contributed by atoms with Gasteiger partial charge in [0.15, 0.2) is 0 Å². The van der Waals surface area contributed by atoms with E-state index in [-0.39, 0.29) is 5.91 Å². The number of hydrogen-bond acceptors (Lipinski definition) is 4. The molecule has 1 aromatic heterocycles. The van der Waals surface area contributed by atoms with Gasteiger partial charge in [0.2, 0.25) is 0 Å². The zero-order chi connectivity index (χ0) is 18.6. The van der Waals surface area contributed by atoms with Gasteiger partial charge in [0.05, 0.1) is 11.0 Å². The van der Waals surface area contributed by atoms with Gasteiger partial charge in [-0.2, -0.15) is 0 Å². The monoisotopic (exact) mass is 363 g/mol. The minimum absolute atomic E-state index is 0.0426. The minimum Gasteiger partial charge on any atom is -0.351 e. The van der Waals surface area contributed by atoms with Crippen LogP contribution in [-0.2, 0) is 0 Å². The number of aromatic nitrogens is 2. The number of benzene rings is 2. The predicted molar refractivity (Wildman–Crippen MR) is 107 cm³/mol. The number of rotatable bonds is 5. The van der Waals surface area contributed by atoms with E-state index in [1.54, 1.807) is 0 Å². The van der Waals surface area contributed by atoms with Gasteiger partial charge in [-0.05, 0) is 37.3 Å². The summed E-state index contributed by atoms with van der Waals surface area (Å²) >= 11 is 0. The van der Waals surface area contributed by atoms with E-state index in [4.69, 9.17) is 0 Å². The third kappa shape index (κ3) is 3.86. The quantitative estimate of drug-likeness (QED) is 0.728. The van der Waals surface area contributed by atoms with E-state index in [0.29, 0.717) is 12.1 Å². The van der Waals surface area contributed by atoms with Crippen molar-refractivity contribution in [3.05, 3.63) is 59.9 Å². The van der Waals surface area contributed by atoms with E-state index in [0.717, 1.165) is 55.3 Å². The van der Waals surface area contributed by atoms with Crippen molar-refractivity contribution >= 4 is 16.9 Å². The van der Waals surface area contributed by atoms with E-state index in [9.17, 15) is 4.79 Å². The number of imidazole rings is 1. The van der Waals surface area contributed by atoms with Crippen molar-refractivity contribution in [2.24, 2.45) is 0 Å². The van der Waals surface area contributed by atoms with Gasteiger partial charge in [0.25, 0.3) is 5.91 Å². The van der Waals surface area contributed by atoms with Crippen molar-refractivity contribution in [2.75, 3.05) is 39.3 Å². The Morgan fingerprint density at radius 1 is 1.15 bits per heavy atom. The van der Waals surface area contributed by atoms with Crippen LogP contribution in [0.1, 0.15) is 16.2 Å². The van der Waals surface area contributed by atoms with Gasteiger partial charge in [0, 0.05) is 50.5 Å². The first-order valence-electron chi connectivity index (χ1n) is 9.48. The molecule has 2 N–H and O–H groups in total. The molecule has 3 aromatic rings. The molecule has 2 aromatic carbocycles. The lowest BCUT2D eigenvalue weighted by Crippen LogP contribution is -2.46. The highest BCUT2D eigenvalue weighted by Crippen LogP contribution is 2.22. The summed E-state index contributed by atoms with van der Waals surface area (Å²) in [5, 5.41) is 6.37. The molecule has 1 fully saturated rings. The Hall–Kier alpha value is -2.70. The lowest BCUT2D eigenvalue weighted by Gasteiger charge is -2.27. The topological polar surface area (TPSA) is 62.2 Å². The molecule has 1 saturated heterocycles. The molecule has 1 aliphatic rings. The molecule has 0 spiro atoms. The van der Waals surface area contributed by atoms with E-state index in [1.165, 1.54) is 0 Å². The Labute approximate surface area is 159 Å². The van der Waals surface area contributed by atoms with Gasteiger partial charge in [-0.1, -0.05) is 18.2 Å². The number of para-hydroxylation sites is 1. The number of piperazine rings is 1. The average Bonchev–Trinajstić information content (AvgIpc) is 3.04. The van der Waals surface area contributed by atoms with Crippen LogP contribution in [0.3, 0.4) is 0 Å². The molecule has 6 heteroatoms. The Morgan fingerprint density at radius 2 is 1.93 bits per heavy atom. The third-order valence-corrected chi connectivity index (χ3v) is 5.02. The smallest absolute Gasteiger partial charge is 0.251 e. The Morgan fingerprint density at radius 3 is 2.70 bits per heavy atom. The van der Waals surface area contributed by atoms with Crippen LogP contribution in [0.15, 0.2) is 48.5 Å². The van der Waals surface area contributed by atoms with Crippen LogP contribution >= 0.6 is 0 Å². The van der Waals surface area contributed by atoms with E-state index in [1.807, 2.05) is 43.3 Å². The molecule has 0 atom stereocenters. The van der Waals surface area contributed by atoms with Crippen LogP contribution in [-0.4, -0.2) is 59.6 Å². The summed E-state index contributed by atoms with van der Waals surface area (Å²) < 4.78 is 2.11. The molecule has 140 valence electrons. The van der Waals surface area contributed by atoms with Crippen molar-refractivity contribution in [1.82, 2.24) is 25.1 Å². The van der Waals surface area contributed by atoms with Gasteiger partial charge in [-0.25, -0.2) is 4.98 Å². The van der Waals surface area contributed by atoms with Crippen LogP contribution in [0.5, 0.6) is 0 Å². The Kier molecular flexibility index (Phi) is 5.18. The molecule has 1 aliphatic heterocycles. The summed E-state index contributed by atoms with van der Waals surface area (Å²) in [6, 6.07) is 15.9. The zero-order valence-corrected chi connectivity index (χ0v) is 15.6. The van der Waals surface area contributed by atoms with Gasteiger partial charge in [0.1, 0.15) is 5.82 Å². The second-order valence-corrected chi connectivity index (χ2v) is 6.88. The molecule has 0 unspecified atom stereocenters. The van der Waals surface area contributed by atoms with Crippen LogP contribution in [0.4, 0.5) is 0 Å². The summed E-state index contributed by atoms with van der Waals surface area (Å²) in [6.07, 6.45) is 0. The summed E-state index contributed by atoms with van der Waals surface area (Å²) in [4.78, 5) is 19.5. The highest BCUT2D eigenvalue weighted by atomic mass is 16.1. The van der Waals surface area contributed by atoms with Crippen molar-refractivity contribution < 1.29 is 4.79 Å². The number of fused-ring (bicyclic) bond motifs is 1. The molecular weight excluding hydrogens is 338 g/mol. The van der Waals surface area contributed by atoms with E-state index in [2.05, 4.69) is 37.2 Å². The van der Waals surface area contributed by atoms with Gasteiger partial charge in [-0.3, -0.25) is 14.3 Å². The number of hydrogen-bond donors (Lipinski definition) is 2. The molecule has 27 heavy (non-hydrogen) atoms. The van der Waals surface area contributed by atoms with Gasteiger partial charge in [-0.15, -0.1) is 0 Å². The zero-order valence-electron chi connectivity index (χ0n) is 15.6. The second kappa shape index (κ2) is 7.90. The summed E-state index contributed by atoms with van der Waals surface area (Å²) in [5.74, 6) is 0.867. The molecule has 0 bridgehead atoms. The number of aryl methyl sites for hydroxylation is 1. The Bertz CT molecular complexity index is 928. The van der Waals surface area contributed by atoms with Crippen LogP contribution in [0, 0.1) is 6.92 Å². The molecule has 0 radical (unpaired) electrons. The molecule has 0 saturated carbocycles. The Balaban J connectivity index is 1.47.